The molecule has 0 unspecified atom stereocenters. The second-order valence-electron chi connectivity index (χ2n) is 6.95. The average Bonchev–Trinajstić information content (AvgIpc) is 3.36. The van der Waals surface area contributed by atoms with Crippen molar-refractivity contribution in [3.8, 4) is 12.3 Å². The number of rotatable bonds is 4. The van der Waals surface area contributed by atoms with Crippen LogP contribution in [0.15, 0.2) is 6.33 Å². The SMILES string of the molecule is C#C[C@@]1(F)[C@H](O)[C@@H](CO)O[C@H]1n1cnc2c(NC3CCCC3)nc(N)nc21. The van der Waals surface area contributed by atoms with E-state index in [1.165, 1.54) is 10.9 Å². The van der Waals surface area contributed by atoms with Gasteiger partial charge in [0.1, 0.15) is 12.2 Å². The monoisotopic (exact) mass is 376 g/mol. The number of imidazole rings is 1. The first-order valence-electron chi connectivity index (χ1n) is 8.85. The normalized spacial score (nSPS) is 31.4. The molecule has 1 saturated heterocycles. The predicted molar refractivity (Wildman–Crippen MR) is 95.3 cm³/mol. The number of nitrogen functional groups attached to an aromatic ring is 1. The Morgan fingerprint density at radius 1 is 1.44 bits per heavy atom. The average molecular weight is 376 g/mol. The lowest BCUT2D eigenvalue weighted by molar-refractivity contribution is -0.0504. The molecule has 5 N–H and O–H groups in total. The zero-order chi connectivity index (χ0) is 19.2. The summed E-state index contributed by atoms with van der Waals surface area (Å²) in [6.07, 6.45) is 6.71. The minimum atomic E-state index is -2.56. The first-order valence-corrected chi connectivity index (χ1v) is 8.85. The van der Waals surface area contributed by atoms with E-state index in [4.69, 9.17) is 16.9 Å². The molecule has 1 aliphatic heterocycles. The van der Waals surface area contributed by atoms with Crippen LogP contribution < -0.4 is 11.1 Å². The van der Waals surface area contributed by atoms with Crippen LogP contribution in [0.5, 0.6) is 0 Å². The molecule has 1 aliphatic carbocycles. The highest BCUT2D eigenvalue weighted by atomic mass is 19.1. The summed E-state index contributed by atoms with van der Waals surface area (Å²) in [5, 5.41) is 22.8. The Morgan fingerprint density at radius 3 is 2.85 bits per heavy atom. The molecule has 4 rings (SSSR count). The number of halogens is 1. The molecule has 4 atom stereocenters. The second kappa shape index (κ2) is 6.60. The standard InChI is InChI=1S/C17H21FN6O3/c1-2-17(18)12(26)10(7-25)27-15(17)24-8-20-11-13(21-9-5-3-4-6-9)22-16(19)23-14(11)24/h1,8-10,12,15,25-26H,3-7H2,(H3,19,21,22,23)/t10-,12-,15-,17-/m1/s1. The van der Waals surface area contributed by atoms with Crippen molar-refractivity contribution in [3.63, 3.8) is 0 Å². The summed E-state index contributed by atoms with van der Waals surface area (Å²) in [6, 6.07) is 0.266. The van der Waals surface area contributed by atoms with Crippen LogP contribution in [0.1, 0.15) is 31.9 Å². The van der Waals surface area contributed by atoms with Gasteiger partial charge in [0.2, 0.25) is 11.6 Å². The molecule has 0 spiro atoms. The molecule has 0 radical (unpaired) electrons. The topological polar surface area (TPSA) is 131 Å². The van der Waals surface area contributed by atoms with E-state index in [-0.39, 0.29) is 17.6 Å². The molecule has 0 bridgehead atoms. The number of aliphatic hydroxyl groups excluding tert-OH is 2. The maximum Gasteiger partial charge on any atom is 0.243 e. The van der Waals surface area contributed by atoms with Crippen LogP contribution >= 0.6 is 0 Å². The van der Waals surface area contributed by atoms with Crippen molar-refractivity contribution < 1.29 is 19.3 Å². The summed E-state index contributed by atoms with van der Waals surface area (Å²) in [5.74, 6) is 2.41. The third-order valence-corrected chi connectivity index (χ3v) is 5.23. The zero-order valence-electron chi connectivity index (χ0n) is 14.5. The van der Waals surface area contributed by atoms with Crippen molar-refractivity contribution in [2.24, 2.45) is 0 Å². The number of terminal acetylenes is 1. The maximum absolute atomic E-state index is 15.3. The number of hydrogen-bond donors (Lipinski definition) is 4. The van der Waals surface area contributed by atoms with Crippen molar-refractivity contribution in [1.29, 1.82) is 0 Å². The van der Waals surface area contributed by atoms with Gasteiger partial charge in [-0.3, -0.25) is 4.57 Å². The zero-order valence-corrected chi connectivity index (χ0v) is 14.5. The first kappa shape index (κ1) is 17.9. The number of nitrogens with two attached hydrogens (primary N) is 1. The molecular weight excluding hydrogens is 355 g/mol. The van der Waals surface area contributed by atoms with Gasteiger partial charge in [0, 0.05) is 6.04 Å². The predicted octanol–water partition coefficient (Wildman–Crippen LogP) is 0.355. The fourth-order valence-electron chi connectivity index (χ4n) is 3.79. The Bertz CT molecular complexity index is 893. The highest BCUT2D eigenvalue weighted by Gasteiger charge is 2.57. The van der Waals surface area contributed by atoms with E-state index in [1.807, 2.05) is 5.92 Å². The number of anilines is 2. The van der Waals surface area contributed by atoms with Gasteiger partial charge in [0.05, 0.1) is 12.9 Å². The number of nitrogens with zero attached hydrogens (tertiary/aromatic N) is 4. The number of ether oxygens (including phenoxy) is 1. The fraction of sp³-hybridized carbons (Fsp3) is 0.588. The number of fused-ring (bicyclic) bond motifs is 1. The van der Waals surface area contributed by atoms with Crippen LogP contribution in [0.2, 0.25) is 0 Å². The summed E-state index contributed by atoms with van der Waals surface area (Å²) in [6.45, 7) is -0.580. The Labute approximate surface area is 154 Å². The van der Waals surface area contributed by atoms with Gasteiger partial charge in [-0.15, -0.1) is 6.42 Å². The van der Waals surface area contributed by atoms with E-state index in [0.29, 0.717) is 11.3 Å². The Morgan fingerprint density at radius 2 is 2.19 bits per heavy atom. The van der Waals surface area contributed by atoms with Gasteiger partial charge < -0.3 is 26.0 Å². The van der Waals surface area contributed by atoms with Gasteiger partial charge in [-0.2, -0.15) is 9.97 Å². The molecule has 2 aromatic heterocycles. The Hall–Kier alpha value is -2.48. The summed E-state index contributed by atoms with van der Waals surface area (Å²) >= 11 is 0. The van der Waals surface area contributed by atoms with E-state index in [0.717, 1.165) is 25.7 Å². The van der Waals surface area contributed by atoms with Crippen LogP contribution in [0.25, 0.3) is 11.2 Å². The first-order chi connectivity index (χ1) is 13.0. The lowest BCUT2D eigenvalue weighted by atomic mass is 9.97. The van der Waals surface area contributed by atoms with Crippen molar-refractivity contribution in [2.45, 2.75) is 55.8 Å². The number of nitrogens with one attached hydrogen (secondary N) is 1. The van der Waals surface area contributed by atoms with Crippen molar-refractivity contribution in [2.75, 3.05) is 17.7 Å². The number of aromatic nitrogens is 4. The van der Waals surface area contributed by atoms with Crippen LogP contribution in [0.3, 0.4) is 0 Å². The van der Waals surface area contributed by atoms with Crippen LogP contribution in [-0.4, -0.2) is 60.3 Å². The highest BCUT2D eigenvalue weighted by Crippen LogP contribution is 2.42. The second-order valence-corrected chi connectivity index (χ2v) is 6.95. The fourth-order valence-corrected chi connectivity index (χ4v) is 3.79. The third kappa shape index (κ3) is 2.79. The molecule has 3 heterocycles. The highest BCUT2D eigenvalue weighted by molar-refractivity contribution is 5.84. The number of hydrogen-bond acceptors (Lipinski definition) is 8. The van der Waals surface area contributed by atoms with Crippen LogP contribution in [0.4, 0.5) is 16.2 Å². The molecule has 0 aromatic carbocycles. The molecule has 1 saturated carbocycles. The molecular formula is C17H21FN6O3. The van der Waals surface area contributed by atoms with E-state index < -0.39 is 30.7 Å². The van der Waals surface area contributed by atoms with Gasteiger partial charge >= 0.3 is 0 Å². The molecule has 2 fully saturated rings. The van der Waals surface area contributed by atoms with Crippen molar-refractivity contribution in [3.05, 3.63) is 6.33 Å². The number of alkyl halides is 1. The lowest BCUT2D eigenvalue weighted by Crippen LogP contribution is -2.42. The Balaban J connectivity index is 1.77. The van der Waals surface area contributed by atoms with E-state index in [9.17, 15) is 10.2 Å². The van der Waals surface area contributed by atoms with E-state index in [1.54, 1.807) is 0 Å². The minimum Gasteiger partial charge on any atom is -0.394 e. The molecule has 0 amide bonds. The van der Waals surface area contributed by atoms with Gasteiger partial charge in [-0.25, -0.2) is 9.37 Å². The van der Waals surface area contributed by atoms with E-state index in [2.05, 4.69) is 20.3 Å². The molecule has 9 nitrogen and oxygen atoms in total. The van der Waals surface area contributed by atoms with Crippen molar-refractivity contribution in [1.82, 2.24) is 19.5 Å². The molecule has 2 aromatic rings. The number of aliphatic hydroxyl groups is 2. The minimum absolute atomic E-state index is 0.00725. The molecule has 2 aliphatic rings. The van der Waals surface area contributed by atoms with Crippen molar-refractivity contribution >= 4 is 22.9 Å². The van der Waals surface area contributed by atoms with E-state index >= 15 is 4.39 Å². The quantitative estimate of drug-likeness (QED) is 0.563. The summed E-state index contributed by atoms with van der Waals surface area (Å²) < 4.78 is 22.1. The maximum atomic E-state index is 15.3. The van der Waals surface area contributed by atoms with Gasteiger partial charge in [-0.05, 0) is 12.8 Å². The van der Waals surface area contributed by atoms with Crippen LogP contribution in [0, 0.1) is 12.3 Å². The smallest absolute Gasteiger partial charge is 0.243 e. The third-order valence-electron chi connectivity index (χ3n) is 5.23. The summed E-state index contributed by atoms with van der Waals surface area (Å²) in [7, 11) is 0. The van der Waals surface area contributed by atoms with Crippen LogP contribution in [-0.2, 0) is 4.74 Å². The Kier molecular flexibility index (Phi) is 4.38. The van der Waals surface area contributed by atoms with Gasteiger partial charge in [0.15, 0.2) is 23.2 Å². The molecule has 27 heavy (non-hydrogen) atoms. The molecule has 144 valence electrons. The summed E-state index contributed by atoms with van der Waals surface area (Å²) in [4.78, 5) is 12.7. The lowest BCUT2D eigenvalue weighted by Gasteiger charge is -2.23. The van der Waals surface area contributed by atoms with Gasteiger partial charge in [-0.1, -0.05) is 18.8 Å². The van der Waals surface area contributed by atoms with Gasteiger partial charge in [0.25, 0.3) is 0 Å². The molecule has 10 heteroatoms. The largest absolute Gasteiger partial charge is 0.394 e. The summed E-state index contributed by atoms with van der Waals surface area (Å²) in [5.41, 5.74) is 3.92.